The van der Waals surface area contributed by atoms with Crippen LogP contribution in [0.25, 0.3) is 0 Å². The van der Waals surface area contributed by atoms with Crippen LogP contribution >= 0.6 is 0 Å². The maximum absolute atomic E-state index is 11.6. The largest absolute Gasteiger partial charge is 0.493 e. The van der Waals surface area contributed by atoms with Crippen LogP contribution < -0.4 is 10.1 Å². The molecular formula is C13H17NO3. The van der Waals surface area contributed by atoms with Gasteiger partial charge < -0.3 is 9.47 Å². The highest BCUT2D eigenvalue weighted by atomic mass is 16.6. The summed E-state index contributed by atoms with van der Waals surface area (Å²) in [6, 6.07) is 5.61. The number of carbonyl (C=O) groups is 1. The number of rotatable bonds is 1. The molecule has 0 saturated carbocycles. The summed E-state index contributed by atoms with van der Waals surface area (Å²) in [5, 5.41) is 2.71. The minimum Gasteiger partial charge on any atom is -0.493 e. The molecule has 92 valence electrons. The summed E-state index contributed by atoms with van der Waals surface area (Å²) in [6.07, 6.45) is 0.454. The lowest BCUT2D eigenvalue weighted by atomic mass is 10.1. The van der Waals surface area contributed by atoms with Gasteiger partial charge in [-0.2, -0.15) is 0 Å². The molecule has 1 aliphatic heterocycles. The number of ether oxygens (including phenoxy) is 2. The minimum atomic E-state index is -0.482. The van der Waals surface area contributed by atoms with Crippen molar-refractivity contribution in [2.45, 2.75) is 32.8 Å². The number of fused-ring (bicyclic) bond motifs is 1. The second-order valence-corrected chi connectivity index (χ2v) is 5.05. The van der Waals surface area contributed by atoms with Crippen molar-refractivity contribution in [2.75, 3.05) is 11.9 Å². The predicted molar refractivity (Wildman–Crippen MR) is 65.5 cm³/mol. The minimum absolute atomic E-state index is 0.434. The number of anilines is 1. The normalized spacial score (nSPS) is 13.8. The van der Waals surface area contributed by atoms with E-state index < -0.39 is 11.7 Å². The molecule has 0 saturated heterocycles. The third-order valence-electron chi connectivity index (χ3n) is 2.33. The lowest BCUT2D eigenvalue weighted by Gasteiger charge is -2.19. The molecule has 17 heavy (non-hydrogen) atoms. The number of hydrogen-bond acceptors (Lipinski definition) is 3. The molecule has 0 atom stereocenters. The van der Waals surface area contributed by atoms with Crippen LogP contribution in [0.2, 0.25) is 0 Å². The average Bonchev–Trinajstić information content (AvgIpc) is 2.61. The fourth-order valence-corrected chi connectivity index (χ4v) is 1.69. The highest BCUT2D eigenvalue weighted by Crippen LogP contribution is 2.27. The predicted octanol–water partition coefficient (Wildman–Crippen LogP) is 2.97. The van der Waals surface area contributed by atoms with Crippen LogP contribution in [0.15, 0.2) is 18.2 Å². The van der Waals surface area contributed by atoms with E-state index in [1.54, 1.807) is 0 Å². The molecule has 1 aromatic rings. The molecule has 0 unspecified atom stereocenters. The molecule has 2 rings (SSSR count). The second kappa shape index (κ2) is 4.28. The van der Waals surface area contributed by atoms with Gasteiger partial charge in [0.15, 0.2) is 0 Å². The number of hydrogen-bond donors (Lipinski definition) is 1. The van der Waals surface area contributed by atoms with E-state index in [1.165, 1.54) is 0 Å². The smallest absolute Gasteiger partial charge is 0.412 e. The Bertz CT molecular complexity index is 435. The maximum Gasteiger partial charge on any atom is 0.412 e. The van der Waals surface area contributed by atoms with Crippen molar-refractivity contribution < 1.29 is 14.3 Å². The van der Waals surface area contributed by atoms with Crippen LogP contribution in [-0.4, -0.2) is 18.3 Å². The molecule has 1 aliphatic rings. The van der Waals surface area contributed by atoms with Crippen LogP contribution in [0.1, 0.15) is 26.3 Å². The monoisotopic (exact) mass is 235 g/mol. The van der Waals surface area contributed by atoms with Crippen molar-refractivity contribution in [1.82, 2.24) is 0 Å². The second-order valence-electron chi connectivity index (χ2n) is 5.05. The maximum atomic E-state index is 11.6. The van der Waals surface area contributed by atoms with Gasteiger partial charge >= 0.3 is 6.09 Å². The van der Waals surface area contributed by atoms with Crippen LogP contribution in [-0.2, 0) is 11.2 Å². The summed E-state index contributed by atoms with van der Waals surface area (Å²) in [7, 11) is 0. The van der Waals surface area contributed by atoms with E-state index in [0.717, 1.165) is 23.4 Å². The third kappa shape index (κ3) is 3.12. The number of amides is 1. The Morgan fingerprint density at radius 1 is 1.41 bits per heavy atom. The highest BCUT2D eigenvalue weighted by Gasteiger charge is 2.17. The Morgan fingerprint density at radius 3 is 2.88 bits per heavy atom. The zero-order chi connectivity index (χ0) is 12.5. The van der Waals surface area contributed by atoms with E-state index >= 15 is 0 Å². The first-order valence-corrected chi connectivity index (χ1v) is 5.70. The fraction of sp³-hybridized carbons (Fsp3) is 0.462. The summed E-state index contributed by atoms with van der Waals surface area (Å²) in [6.45, 7) is 6.22. The molecule has 0 bridgehead atoms. The number of carbonyl (C=O) groups excluding carboxylic acids is 1. The summed E-state index contributed by atoms with van der Waals surface area (Å²) in [4.78, 5) is 11.6. The Hall–Kier alpha value is -1.71. The van der Waals surface area contributed by atoms with Gasteiger partial charge in [0.25, 0.3) is 0 Å². The van der Waals surface area contributed by atoms with Crippen molar-refractivity contribution in [3.8, 4) is 5.75 Å². The quantitative estimate of drug-likeness (QED) is 0.814. The summed E-state index contributed by atoms with van der Waals surface area (Å²) < 4.78 is 10.6. The Labute approximate surface area is 101 Å². The van der Waals surface area contributed by atoms with Gasteiger partial charge in [-0.3, -0.25) is 5.32 Å². The van der Waals surface area contributed by atoms with Crippen molar-refractivity contribution in [2.24, 2.45) is 0 Å². The zero-order valence-electron chi connectivity index (χ0n) is 10.4. The van der Waals surface area contributed by atoms with E-state index in [0.29, 0.717) is 6.61 Å². The van der Waals surface area contributed by atoms with Gasteiger partial charge in [-0.15, -0.1) is 0 Å². The topological polar surface area (TPSA) is 47.6 Å². The molecular weight excluding hydrogens is 218 g/mol. The van der Waals surface area contributed by atoms with Gasteiger partial charge in [-0.05, 0) is 44.5 Å². The first-order chi connectivity index (χ1) is 7.94. The average molecular weight is 235 g/mol. The van der Waals surface area contributed by atoms with E-state index in [2.05, 4.69) is 5.32 Å². The lowest BCUT2D eigenvalue weighted by Crippen LogP contribution is -2.27. The first kappa shape index (κ1) is 11.8. The van der Waals surface area contributed by atoms with Gasteiger partial charge in [0, 0.05) is 12.1 Å². The zero-order valence-corrected chi connectivity index (χ0v) is 10.4. The van der Waals surface area contributed by atoms with Crippen LogP contribution in [0.5, 0.6) is 5.75 Å². The summed E-state index contributed by atoms with van der Waals surface area (Å²) in [5.74, 6) is 0.903. The Balaban J connectivity index is 2.02. The molecule has 0 radical (unpaired) electrons. The third-order valence-corrected chi connectivity index (χ3v) is 2.33. The van der Waals surface area contributed by atoms with Crippen molar-refractivity contribution in [3.63, 3.8) is 0 Å². The van der Waals surface area contributed by atoms with E-state index in [4.69, 9.17) is 9.47 Å². The Kier molecular flexibility index (Phi) is 2.96. The summed E-state index contributed by atoms with van der Waals surface area (Å²) in [5.41, 5.74) is 1.38. The van der Waals surface area contributed by atoms with Crippen LogP contribution in [0.4, 0.5) is 10.5 Å². The van der Waals surface area contributed by atoms with Crippen LogP contribution in [0.3, 0.4) is 0 Å². The molecule has 0 aromatic heterocycles. The first-order valence-electron chi connectivity index (χ1n) is 5.70. The van der Waals surface area contributed by atoms with Gasteiger partial charge in [0.2, 0.25) is 0 Å². The molecule has 0 fully saturated rings. The molecule has 4 nitrogen and oxygen atoms in total. The molecule has 0 spiro atoms. The SMILES string of the molecule is CC(C)(C)OC(=O)Nc1ccc2c(c1)CCO2. The van der Waals surface area contributed by atoms with Crippen molar-refractivity contribution in [3.05, 3.63) is 23.8 Å². The fourth-order valence-electron chi connectivity index (χ4n) is 1.69. The molecule has 1 amide bonds. The van der Waals surface area contributed by atoms with Gasteiger partial charge in [0.05, 0.1) is 6.61 Å². The molecule has 0 aliphatic carbocycles. The highest BCUT2D eigenvalue weighted by molar-refractivity contribution is 5.85. The van der Waals surface area contributed by atoms with Crippen LogP contribution in [0, 0.1) is 0 Å². The molecule has 1 heterocycles. The van der Waals surface area contributed by atoms with E-state index in [9.17, 15) is 4.79 Å². The van der Waals surface area contributed by atoms with Crippen molar-refractivity contribution >= 4 is 11.8 Å². The molecule has 1 N–H and O–H groups in total. The van der Waals surface area contributed by atoms with Gasteiger partial charge in [0.1, 0.15) is 11.4 Å². The van der Waals surface area contributed by atoms with E-state index in [1.807, 2.05) is 39.0 Å². The molecule has 4 heteroatoms. The van der Waals surface area contributed by atoms with E-state index in [-0.39, 0.29) is 0 Å². The number of nitrogens with one attached hydrogen (secondary N) is 1. The number of benzene rings is 1. The lowest BCUT2D eigenvalue weighted by molar-refractivity contribution is 0.0636. The summed E-state index contributed by atoms with van der Waals surface area (Å²) >= 11 is 0. The standard InChI is InChI=1S/C13H17NO3/c1-13(2,3)17-12(15)14-10-4-5-11-9(8-10)6-7-16-11/h4-5,8H,6-7H2,1-3H3,(H,14,15). The molecule has 1 aromatic carbocycles. The van der Waals surface area contributed by atoms with Gasteiger partial charge in [-0.25, -0.2) is 4.79 Å². The van der Waals surface area contributed by atoms with Gasteiger partial charge in [-0.1, -0.05) is 0 Å². The van der Waals surface area contributed by atoms with Crippen molar-refractivity contribution in [1.29, 1.82) is 0 Å². The Morgan fingerprint density at radius 2 is 2.18 bits per heavy atom.